The van der Waals surface area contributed by atoms with Crippen LogP contribution in [0.5, 0.6) is 0 Å². The molecule has 8 aromatic heterocycles. The van der Waals surface area contributed by atoms with Gasteiger partial charge in [0.15, 0.2) is 10.3 Å². The number of halogens is 2. The minimum Gasteiger partial charge on any atom is -0.481 e. The minimum atomic E-state index is -0.857. The number of carbonyl (C=O) groups excluding carboxylic acids is 2. The molecule has 0 spiro atoms. The number of piperazine rings is 2. The van der Waals surface area contributed by atoms with E-state index in [4.69, 9.17) is 29.8 Å². The number of hydrogen-bond acceptors (Lipinski definition) is 22. The van der Waals surface area contributed by atoms with Gasteiger partial charge in [-0.1, -0.05) is 51.4 Å². The standard InChI is InChI=1S/C32H31FN10OS.C28H26FN9S.C9H15NO4.2CH4/c1-3-25-29(40(2)32-39-28(26(14-34)45-32)20-4-7-24(33)8-5-20)43-19-21(6-9-27(43)38-25)22-17-36-31(37-18-22)42-12-10-41(11-13-42)30(44)23-15-35-16-23;1-3-22-26(36(2)28-35-25(23(14-30)39-28)18-4-7-21(29)8-5-18)38-17-19(6-9-24(38)34-22)20-15-32-27(33-16-20)37-12-10-31-11-13-37;1-9(2,3)14-8(13)10-4-6(5-10)7(11)12;;/h4-9,17-19,23,35H,3,10-13,15-16H2,1-2H3;4-9,15-17,31H,3,10-13H2,1-2H3;6H,4-5H2,1-3H3,(H,11,12);2*1H4. The maximum absolute atomic E-state index is 13.5. The molecule has 4 fully saturated rings. The number of aryl methyl sites for hydroxylation is 2. The second-order valence-electron chi connectivity index (χ2n) is 24.8. The third kappa shape index (κ3) is 15.6. The molecule has 2 amide bonds. The Bertz CT molecular complexity index is 4620. The number of benzene rings is 2. The fraction of sp³-hybridized carbons (Fsp3) is 0.366. The Morgan fingerprint density at radius 1 is 0.590 bits per heavy atom. The summed E-state index contributed by atoms with van der Waals surface area (Å²) < 4.78 is 36.2. The summed E-state index contributed by atoms with van der Waals surface area (Å²) in [6, 6.07) is 24.5. The first-order chi connectivity index (χ1) is 47.3. The Kier molecular flexibility index (Phi) is 22.4. The molecule has 520 valence electrons. The molecule has 0 bridgehead atoms. The number of carbonyl (C=O) groups is 3. The number of aromatic nitrogens is 10. The van der Waals surface area contributed by atoms with Gasteiger partial charge in [0.1, 0.15) is 73.4 Å². The van der Waals surface area contributed by atoms with Crippen molar-refractivity contribution in [3.05, 3.63) is 143 Å². The molecule has 2 aromatic carbocycles. The molecule has 29 heteroatoms. The van der Waals surface area contributed by atoms with Gasteiger partial charge in [0.25, 0.3) is 0 Å². The summed E-state index contributed by atoms with van der Waals surface area (Å²) in [6.07, 6.45) is 12.4. The number of carboxylic acid groups (broad SMARTS) is 1. The molecular weight excluding hydrogens is 1320 g/mol. The molecule has 10 aromatic rings. The Hall–Kier alpha value is -10.6. The maximum atomic E-state index is 13.5. The zero-order chi connectivity index (χ0) is 68.9. The van der Waals surface area contributed by atoms with Crippen molar-refractivity contribution < 1.29 is 33.0 Å². The number of anilines is 6. The van der Waals surface area contributed by atoms with Crippen molar-refractivity contribution in [2.45, 2.75) is 67.9 Å². The number of nitrogens with zero attached hydrogens (tertiary/aromatic N) is 18. The zero-order valence-electron chi connectivity index (χ0n) is 55.1. The summed E-state index contributed by atoms with van der Waals surface area (Å²) in [4.78, 5) is 84.8. The van der Waals surface area contributed by atoms with E-state index in [0.717, 1.165) is 108 Å². The highest BCUT2D eigenvalue weighted by atomic mass is 32.1. The maximum Gasteiger partial charge on any atom is 0.410 e. The van der Waals surface area contributed by atoms with E-state index >= 15 is 0 Å². The average molecular weight is 1400 g/mol. The highest BCUT2D eigenvalue weighted by molar-refractivity contribution is 7.17. The number of carboxylic acids is 1. The summed E-state index contributed by atoms with van der Waals surface area (Å²) in [6.45, 7) is 17.9. The molecule has 0 radical (unpaired) electrons. The van der Waals surface area contributed by atoms with E-state index in [0.29, 0.717) is 81.1 Å². The molecule has 100 heavy (non-hydrogen) atoms. The molecule has 0 saturated carbocycles. The lowest BCUT2D eigenvalue weighted by molar-refractivity contribution is -0.146. The molecule has 4 aliphatic heterocycles. The van der Waals surface area contributed by atoms with Gasteiger partial charge in [-0.15, -0.1) is 0 Å². The van der Waals surface area contributed by atoms with E-state index in [2.05, 4.69) is 66.4 Å². The number of nitrogens with one attached hydrogen (secondary N) is 2. The SMILES string of the molecule is C.C.CC(C)(C)OC(=O)N1CC(C(=O)O)C1.CCc1nc2ccc(-c3cnc(N4CCN(C(=O)C5CNC5)CC4)nc3)cn2c1N(C)c1nc(-c2ccc(F)cc2)c(C#N)s1.CCc1nc2ccc(-c3cnc(N4CCNCC4)nc3)cn2c1N(C)c1nc(-c2ccc(F)cc2)c(C#N)s1. The normalized spacial score (nSPS) is 14.6. The van der Waals surface area contributed by atoms with E-state index in [1.54, 1.807) is 45.0 Å². The predicted octanol–water partition coefficient (Wildman–Crippen LogP) is 11.0. The number of ether oxygens (including phenoxy) is 1. The van der Waals surface area contributed by atoms with Gasteiger partial charge in [0.2, 0.25) is 17.8 Å². The van der Waals surface area contributed by atoms with Crippen LogP contribution in [-0.4, -0.2) is 180 Å². The molecule has 25 nitrogen and oxygen atoms in total. The summed E-state index contributed by atoms with van der Waals surface area (Å²) in [5.41, 5.74) is 9.01. The van der Waals surface area contributed by atoms with Gasteiger partial charge in [-0.25, -0.2) is 53.4 Å². The van der Waals surface area contributed by atoms with E-state index in [-0.39, 0.29) is 51.4 Å². The third-order valence-electron chi connectivity index (χ3n) is 17.1. The highest BCUT2D eigenvalue weighted by Crippen LogP contribution is 2.40. The molecule has 0 unspecified atom stereocenters. The van der Waals surface area contributed by atoms with E-state index in [1.165, 1.54) is 51.8 Å². The Morgan fingerprint density at radius 2 is 1.01 bits per heavy atom. The van der Waals surface area contributed by atoms with Crippen LogP contribution in [0, 0.1) is 46.1 Å². The number of thiazole rings is 2. The molecule has 0 aliphatic carbocycles. The minimum absolute atomic E-state index is 0. The second-order valence-corrected chi connectivity index (χ2v) is 26.8. The van der Waals surface area contributed by atoms with Crippen molar-refractivity contribution in [3.63, 3.8) is 0 Å². The highest BCUT2D eigenvalue weighted by Gasteiger charge is 2.38. The first-order valence-corrected chi connectivity index (χ1v) is 33.8. The van der Waals surface area contributed by atoms with Gasteiger partial charge in [-0.3, -0.25) is 18.4 Å². The molecule has 4 saturated heterocycles. The number of likely N-dealkylation sites (tertiary alicyclic amines) is 1. The number of rotatable bonds is 14. The lowest BCUT2D eigenvalue weighted by Gasteiger charge is -2.38. The zero-order valence-corrected chi connectivity index (χ0v) is 56.8. The summed E-state index contributed by atoms with van der Waals surface area (Å²) >= 11 is 2.58. The largest absolute Gasteiger partial charge is 0.481 e. The van der Waals surface area contributed by atoms with Crippen LogP contribution in [-0.2, 0) is 27.2 Å². The lowest BCUT2D eigenvalue weighted by atomic mass is 10.0. The van der Waals surface area contributed by atoms with Gasteiger partial charge >= 0.3 is 12.1 Å². The van der Waals surface area contributed by atoms with Gasteiger partial charge in [0, 0.05) is 163 Å². The number of nitriles is 2. The quantitative estimate of drug-likeness (QED) is 0.0912. The smallest absolute Gasteiger partial charge is 0.410 e. The van der Waals surface area contributed by atoms with Crippen LogP contribution in [0.4, 0.5) is 47.4 Å². The van der Waals surface area contributed by atoms with Crippen molar-refractivity contribution >= 4 is 85.7 Å². The first kappa shape index (κ1) is 72.2. The fourth-order valence-corrected chi connectivity index (χ4v) is 13.3. The molecule has 0 atom stereocenters. The first-order valence-electron chi connectivity index (χ1n) is 32.2. The Balaban J connectivity index is 0.000000179. The Morgan fingerprint density at radius 3 is 1.39 bits per heavy atom. The molecular formula is C71H80F2N20O5S2. The summed E-state index contributed by atoms with van der Waals surface area (Å²) in [5.74, 6) is 1.52. The van der Waals surface area contributed by atoms with Crippen molar-refractivity contribution in [1.82, 2.24) is 69.1 Å². The number of fused-ring (bicyclic) bond motifs is 2. The van der Waals surface area contributed by atoms with E-state index in [1.807, 2.05) is 99.0 Å². The van der Waals surface area contributed by atoms with Gasteiger partial charge in [-0.2, -0.15) is 10.5 Å². The van der Waals surface area contributed by atoms with Gasteiger partial charge in [-0.05, 0) is 106 Å². The van der Waals surface area contributed by atoms with Crippen LogP contribution in [0.3, 0.4) is 0 Å². The van der Waals surface area contributed by atoms with Crippen LogP contribution in [0.15, 0.2) is 110 Å². The number of pyridine rings is 2. The number of imidazole rings is 2. The van der Waals surface area contributed by atoms with Crippen molar-refractivity contribution in [2.24, 2.45) is 11.8 Å². The molecule has 14 rings (SSSR count). The second kappa shape index (κ2) is 31.1. The van der Waals surface area contributed by atoms with Crippen LogP contribution >= 0.6 is 22.7 Å². The van der Waals surface area contributed by atoms with Crippen molar-refractivity contribution in [3.8, 4) is 56.9 Å². The Labute approximate surface area is 587 Å². The van der Waals surface area contributed by atoms with Crippen LogP contribution in [0.2, 0.25) is 0 Å². The number of amides is 2. The summed E-state index contributed by atoms with van der Waals surface area (Å²) in [5, 5.41) is 36.0. The lowest BCUT2D eigenvalue weighted by Crippen LogP contribution is -2.56. The topological polar surface area (TPSA) is 284 Å². The van der Waals surface area contributed by atoms with Crippen LogP contribution in [0.1, 0.15) is 70.6 Å². The summed E-state index contributed by atoms with van der Waals surface area (Å²) in [7, 11) is 3.84. The molecule has 3 N–H and O–H groups in total. The van der Waals surface area contributed by atoms with Crippen LogP contribution in [0.25, 0.3) is 56.1 Å². The molecule has 4 aliphatic rings. The van der Waals surface area contributed by atoms with Gasteiger partial charge < -0.3 is 49.9 Å². The van der Waals surface area contributed by atoms with E-state index in [9.17, 15) is 33.7 Å². The van der Waals surface area contributed by atoms with Crippen molar-refractivity contribution in [2.75, 3.05) is 112 Å². The van der Waals surface area contributed by atoms with Crippen molar-refractivity contribution in [1.29, 1.82) is 10.5 Å². The van der Waals surface area contributed by atoms with E-state index < -0.39 is 23.6 Å². The monoisotopic (exact) mass is 1390 g/mol. The predicted molar refractivity (Wildman–Crippen MR) is 384 cm³/mol. The number of aliphatic carboxylic acids is 1. The molecule has 12 heterocycles. The van der Waals surface area contributed by atoms with Crippen LogP contribution < -0.4 is 30.2 Å². The third-order valence-corrected chi connectivity index (χ3v) is 19.2. The average Bonchev–Trinajstić information content (AvgIpc) is 1.63. The fourth-order valence-electron chi connectivity index (χ4n) is 11.6. The van der Waals surface area contributed by atoms with Gasteiger partial charge in [0.05, 0.1) is 23.2 Å². The number of hydrogen-bond donors (Lipinski definition) is 3.